The Balaban J connectivity index is 1.98. The van der Waals surface area contributed by atoms with Crippen molar-refractivity contribution in [3.05, 3.63) is 64.5 Å². The van der Waals surface area contributed by atoms with Gasteiger partial charge in [0.15, 0.2) is 0 Å². The van der Waals surface area contributed by atoms with Gasteiger partial charge in [-0.25, -0.2) is 0 Å². The van der Waals surface area contributed by atoms with Crippen LogP contribution in [-0.4, -0.2) is 15.4 Å². The highest BCUT2D eigenvalue weighted by atomic mass is 32.1. The highest BCUT2D eigenvalue weighted by Gasteiger charge is 2.24. The van der Waals surface area contributed by atoms with Crippen molar-refractivity contribution in [2.75, 3.05) is 0 Å². The minimum Gasteiger partial charge on any atom is -0.481 e. The molecule has 21 heavy (non-hydrogen) atoms. The van der Waals surface area contributed by atoms with E-state index in [-0.39, 0.29) is 0 Å². The van der Waals surface area contributed by atoms with Crippen LogP contribution in [0.2, 0.25) is 0 Å². The second-order valence-corrected chi connectivity index (χ2v) is 5.95. The fourth-order valence-electron chi connectivity index (χ4n) is 2.41. The summed E-state index contributed by atoms with van der Waals surface area (Å²) in [6, 6.07) is 15.7. The summed E-state index contributed by atoms with van der Waals surface area (Å²) in [5.41, 5.74) is 3.08. The van der Waals surface area contributed by atoms with Gasteiger partial charge in [0, 0.05) is 10.3 Å². The van der Waals surface area contributed by atoms with Gasteiger partial charge >= 0.3 is 5.97 Å². The molecular formula is C17H15NO2S. The number of aliphatic carboxylic acids is 1. The van der Waals surface area contributed by atoms with Crippen LogP contribution in [-0.2, 0) is 11.2 Å². The quantitative estimate of drug-likeness (QED) is 0.791. The number of benzene rings is 2. The Morgan fingerprint density at radius 3 is 2.62 bits per heavy atom. The molecule has 1 N–H and O–H groups in total. The molecule has 0 saturated heterocycles. The zero-order valence-electron chi connectivity index (χ0n) is 11.6. The lowest BCUT2D eigenvalue weighted by Crippen LogP contribution is -2.13. The van der Waals surface area contributed by atoms with E-state index in [9.17, 15) is 9.90 Å². The molecule has 2 aromatic carbocycles. The van der Waals surface area contributed by atoms with Gasteiger partial charge in [-0.3, -0.25) is 4.79 Å². The maximum absolute atomic E-state index is 11.7. The number of aromatic nitrogens is 1. The molecular weight excluding hydrogens is 282 g/mol. The molecule has 0 fully saturated rings. The molecule has 0 spiro atoms. The molecule has 4 heteroatoms. The van der Waals surface area contributed by atoms with E-state index in [4.69, 9.17) is 0 Å². The van der Waals surface area contributed by atoms with Gasteiger partial charge in [0.1, 0.15) is 0 Å². The van der Waals surface area contributed by atoms with Crippen molar-refractivity contribution in [1.82, 2.24) is 4.37 Å². The fraction of sp³-hybridized carbons (Fsp3) is 0.176. The van der Waals surface area contributed by atoms with E-state index in [2.05, 4.69) is 4.37 Å². The number of carboxylic acid groups (broad SMARTS) is 1. The molecule has 1 aromatic heterocycles. The summed E-state index contributed by atoms with van der Waals surface area (Å²) in [4.78, 5) is 12.5. The van der Waals surface area contributed by atoms with Crippen LogP contribution >= 0.6 is 11.5 Å². The summed E-state index contributed by atoms with van der Waals surface area (Å²) in [5.74, 6) is -1.35. The molecule has 1 unspecified atom stereocenters. The number of fused-ring (bicyclic) bond motifs is 1. The van der Waals surface area contributed by atoms with E-state index >= 15 is 0 Å². The van der Waals surface area contributed by atoms with Crippen LogP contribution in [0.1, 0.15) is 21.9 Å². The second kappa shape index (κ2) is 5.66. The van der Waals surface area contributed by atoms with E-state index < -0.39 is 11.9 Å². The maximum atomic E-state index is 11.7. The minimum absolute atomic E-state index is 0.488. The molecule has 106 valence electrons. The van der Waals surface area contributed by atoms with E-state index in [1.165, 1.54) is 17.1 Å². The number of carboxylic acids is 1. The smallest absolute Gasteiger partial charge is 0.312 e. The van der Waals surface area contributed by atoms with Gasteiger partial charge in [-0.15, -0.1) is 0 Å². The van der Waals surface area contributed by atoms with Crippen LogP contribution < -0.4 is 0 Å². The van der Waals surface area contributed by atoms with E-state index in [0.717, 1.165) is 21.3 Å². The van der Waals surface area contributed by atoms with Crippen molar-refractivity contribution in [2.24, 2.45) is 0 Å². The third-order valence-corrected chi connectivity index (χ3v) is 4.58. The SMILES string of the molecule is Cc1ccc(CC(C(=O)O)c2snc3ccccc23)cc1. The predicted octanol–water partition coefficient (Wildman–Crippen LogP) is 4.02. The maximum Gasteiger partial charge on any atom is 0.312 e. The summed E-state index contributed by atoms with van der Waals surface area (Å²) in [6.07, 6.45) is 0.488. The van der Waals surface area contributed by atoms with Gasteiger partial charge < -0.3 is 5.11 Å². The van der Waals surface area contributed by atoms with Crippen molar-refractivity contribution < 1.29 is 9.90 Å². The second-order valence-electron chi connectivity index (χ2n) is 5.14. The summed E-state index contributed by atoms with van der Waals surface area (Å²) in [7, 11) is 0. The standard InChI is InChI=1S/C17H15NO2S/c1-11-6-8-12(9-7-11)10-14(17(19)20)16-13-4-2-3-5-15(13)18-21-16/h2-9,14H,10H2,1H3,(H,19,20). The molecule has 3 aromatic rings. The molecule has 0 bridgehead atoms. The monoisotopic (exact) mass is 297 g/mol. The molecule has 1 heterocycles. The predicted molar refractivity (Wildman–Crippen MR) is 84.9 cm³/mol. The van der Waals surface area contributed by atoms with E-state index in [0.29, 0.717) is 6.42 Å². The highest BCUT2D eigenvalue weighted by Crippen LogP contribution is 2.32. The van der Waals surface area contributed by atoms with E-state index in [1.807, 2.05) is 55.5 Å². The van der Waals surface area contributed by atoms with Crippen molar-refractivity contribution in [3.63, 3.8) is 0 Å². The number of aryl methyl sites for hydroxylation is 1. The summed E-state index contributed by atoms with van der Waals surface area (Å²) >= 11 is 1.29. The largest absolute Gasteiger partial charge is 0.481 e. The van der Waals surface area contributed by atoms with Crippen LogP contribution in [0.4, 0.5) is 0 Å². The zero-order valence-corrected chi connectivity index (χ0v) is 12.4. The molecule has 0 aliphatic carbocycles. The van der Waals surface area contributed by atoms with Gasteiger partial charge in [0.2, 0.25) is 0 Å². The first kappa shape index (κ1) is 13.8. The first-order chi connectivity index (χ1) is 10.1. The van der Waals surface area contributed by atoms with Crippen molar-refractivity contribution in [3.8, 4) is 0 Å². The molecule has 0 amide bonds. The number of rotatable bonds is 4. The number of carbonyl (C=O) groups is 1. The Labute approximate surface area is 127 Å². The number of hydrogen-bond acceptors (Lipinski definition) is 3. The summed E-state index contributed by atoms with van der Waals surface area (Å²) in [6.45, 7) is 2.02. The van der Waals surface area contributed by atoms with Crippen LogP contribution in [0.25, 0.3) is 10.9 Å². The van der Waals surface area contributed by atoms with Crippen LogP contribution in [0.5, 0.6) is 0 Å². The lowest BCUT2D eigenvalue weighted by molar-refractivity contribution is -0.138. The molecule has 0 saturated carbocycles. The number of nitrogens with zero attached hydrogens (tertiary/aromatic N) is 1. The van der Waals surface area contributed by atoms with Crippen molar-refractivity contribution >= 4 is 28.4 Å². The third-order valence-electron chi connectivity index (χ3n) is 3.59. The Morgan fingerprint density at radius 2 is 1.90 bits per heavy atom. The first-order valence-corrected chi connectivity index (χ1v) is 7.55. The fourth-order valence-corrected chi connectivity index (χ4v) is 3.35. The third kappa shape index (κ3) is 2.81. The van der Waals surface area contributed by atoms with Gasteiger partial charge in [-0.05, 0) is 36.5 Å². The summed E-state index contributed by atoms with van der Waals surface area (Å²) in [5, 5.41) is 10.5. The molecule has 1 atom stereocenters. The van der Waals surface area contributed by atoms with Crippen LogP contribution in [0.3, 0.4) is 0 Å². The summed E-state index contributed by atoms with van der Waals surface area (Å²) < 4.78 is 4.36. The molecule has 3 rings (SSSR count). The highest BCUT2D eigenvalue weighted by molar-refractivity contribution is 7.07. The lowest BCUT2D eigenvalue weighted by Gasteiger charge is -2.11. The molecule has 0 aliphatic rings. The normalized spacial score (nSPS) is 12.4. The molecule has 3 nitrogen and oxygen atoms in total. The van der Waals surface area contributed by atoms with Gasteiger partial charge in [-0.2, -0.15) is 4.37 Å². The van der Waals surface area contributed by atoms with Crippen molar-refractivity contribution in [2.45, 2.75) is 19.3 Å². The van der Waals surface area contributed by atoms with Gasteiger partial charge in [0.25, 0.3) is 0 Å². The zero-order chi connectivity index (χ0) is 14.8. The van der Waals surface area contributed by atoms with Crippen LogP contribution in [0, 0.1) is 6.92 Å². The Morgan fingerprint density at radius 1 is 1.19 bits per heavy atom. The van der Waals surface area contributed by atoms with Gasteiger partial charge in [-0.1, -0.05) is 48.0 Å². The van der Waals surface area contributed by atoms with Crippen molar-refractivity contribution in [1.29, 1.82) is 0 Å². The lowest BCUT2D eigenvalue weighted by atomic mass is 9.95. The minimum atomic E-state index is -0.801. The van der Waals surface area contributed by atoms with Crippen LogP contribution in [0.15, 0.2) is 48.5 Å². The Bertz CT molecular complexity index is 777. The Hall–Kier alpha value is -2.20. The van der Waals surface area contributed by atoms with Gasteiger partial charge in [0.05, 0.1) is 11.4 Å². The topological polar surface area (TPSA) is 50.2 Å². The Kier molecular flexibility index (Phi) is 3.71. The average Bonchev–Trinajstić information content (AvgIpc) is 2.90. The molecule has 0 aliphatic heterocycles. The molecule has 0 radical (unpaired) electrons. The van der Waals surface area contributed by atoms with E-state index in [1.54, 1.807) is 0 Å². The number of hydrogen-bond donors (Lipinski definition) is 1. The average molecular weight is 297 g/mol. The first-order valence-electron chi connectivity index (χ1n) is 6.78.